The van der Waals surface area contributed by atoms with E-state index in [1.54, 1.807) is 24.4 Å². The second kappa shape index (κ2) is 19.8. The summed E-state index contributed by atoms with van der Waals surface area (Å²) < 4.78 is 72.3. The lowest BCUT2D eigenvalue weighted by atomic mass is 9.90. The number of piperidine rings is 1. The van der Waals surface area contributed by atoms with Gasteiger partial charge in [-0.3, -0.25) is 53.4 Å². The number of anilines is 1. The molecule has 4 heterocycles. The predicted octanol–water partition coefficient (Wildman–Crippen LogP) is 5.41. The molecular weight excluding hydrogens is 926 g/mol. The minimum Gasteiger partial charge on any atom is -0.384 e. The van der Waals surface area contributed by atoms with E-state index < -0.39 is 96.8 Å². The third-order valence-corrected chi connectivity index (χ3v) is 13.1. The van der Waals surface area contributed by atoms with Gasteiger partial charge in [-0.05, 0) is 78.8 Å². The average molecular weight is 974 g/mol. The zero-order valence-corrected chi connectivity index (χ0v) is 37.7. The van der Waals surface area contributed by atoms with Crippen LogP contribution in [0.3, 0.4) is 0 Å². The van der Waals surface area contributed by atoms with Crippen LogP contribution in [0.2, 0.25) is 0 Å². The van der Waals surface area contributed by atoms with Crippen LogP contribution in [-0.2, 0) is 42.6 Å². The molecule has 4 atom stereocenters. The van der Waals surface area contributed by atoms with Gasteiger partial charge in [0.2, 0.25) is 23.6 Å². The molecule has 4 aromatic rings. The Labute approximate surface area is 397 Å². The number of halogens is 5. The molecule has 1 aromatic heterocycles. The first kappa shape index (κ1) is 48.9. The van der Waals surface area contributed by atoms with Crippen LogP contribution in [0, 0.1) is 5.82 Å². The smallest absolute Gasteiger partial charge is 0.384 e. The highest BCUT2D eigenvalue weighted by molar-refractivity contribution is 6.25. The maximum Gasteiger partial charge on any atom is 0.408 e. The van der Waals surface area contributed by atoms with Gasteiger partial charge < -0.3 is 20.9 Å². The molecule has 2 saturated heterocycles. The largest absolute Gasteiger partial charge is 0.408 e. The molecule has 3 aromatic carbocycles. The van der Waals surface area contributed by atoms with Gasteiger partial charge in [0, 0.05) is 49.9 Å². The van der Waals surface area contributed by atoms with E-state index >= 15 is 4.39 Å². The number of urea groups is 1. The van der Waals surface area contributed by atoms with Crippen LogP contribution in [0.25, 0.3) is 11.1 Å². The Hall–Kier alpha value is -7.52. The fraction of sp³-hybridized carbons (Fsp3) is 0.396. The molecule has 2 fully saturated rings. The number of carbonyl (C=O) groups excluding carboxylic acids is 8. The molecule has 1 aliphatic carbocycles. The molecule has 9 amide bonds. The van der Waals surface area contributed by atoms with Crippen LogP contribution in [0.1, 0.15) is 102 Å². The summed E-state index contributed by atoms with van der Waals surface area (Å²) in [7, 11) is 0. The van der Waals surface area contributed by atoms with Crippen LogP contribution in [0.5, 0.6) is 0 Å². The van der Waals surface area contributed by atoms with E-state index in [0.717, 1.165) is 49.6 Å². The summed E-state index contributed by atoms with van der Waals surface area (Å²) in [6.45, 7) is -0.0517. The van der Waals surface area contributed by atoms with Crippen molar-refractivity contribution in [3.8, 4) is 11.1 Å². The molecule has 0 radical (unpaired) electrons. The predicted molar refractivity (Wildman–Crippen MR) is 238 cm³/mol. The Morgan fingerprint density at radius 1 is 0.914 bits per heavy atom. The molecule has 4 aliphatic rings. The average Bonchev–Trinajstić information content (AvgIpc) is 4.03. The van der Waals surface area contributed by atoms with E-state index in [4.69, 9.17) is 0 Å². The fourth-order valence-electron chi connectivity index (χ4n) is 9.30. The van der Waals surface area contributed by atoms with Gasteiger partial charge in [-0.2, -0.15) is 18.3 Å². The second-order valence-corrected chi connectivity index (χ2v) is 17.7. The number of nitrogens with zero attached hydrogens (tertiary/aromatic N) is 5. The molecule has 1 spiro atoms. The topological polar surface area (TPSA) is 212 Å². The molecule has 0 saturated carbocycles. The van der Waals surface area contributed by atoms with Crippen molar-refractivity contribution in [1.29, 1.82) is 0 Å². The standard InChI is InChI=1S/C48H48F5N9O8/c1-27(48(51,52)53)60(23-28-10-13-31(49)14-11-28)40(65)26-61-45(69)47(58-46(61)70)21-35(50)33-20-29(12-15-34(33)47)30-22-56-59(24-30)25-39(64)55-19-6-4-2-3-5-18-54-36-9-7-8-32-41(36)44(68)62(43(32)67)37-16-17-38(63)57-42(37)66/h7-15,20,22,24,27,35,37,54H,2-6,16-19,21,23,25-26H2,1H3,(H,55,64)(H,58,70)(H,57,63,66)/t27-,35+,37?,47-/m0/s1. The van der Waals surface area contributed by atoms with Gasteiger partial charge in [0.25, 0.3) is 17.7 Å². The Kier molecular flexibility index (Phi) is 13.9. The van der Waals surface area contributed by atoms with Gasteiger partial charge in [-0.15, -0.1) is 0 Å². The molecule has 4 N–H and O–H groups in total. The zero-order valence-electron chi connectivity index (χ0n) is 37.7. The maximum absolute atomic E-state index is 15.8. The highest BCUT2D eigenvalue weighted by Crippen LogP contribution is 2.49. The molecular formula is C48H48F5N9O8. The molecule has 70 heavy (non-hydrogen) atoms. The Morgan fingerprint density at radius 2 is 1.64 bits per heavy atom. The highest BCUT2D eigenvalue weighted by atomic mass is 19.4. The quantitative estimate of drug-likeness (QED) is 0.0431. The summed E-state index contributed by atoms with van der Waals surface area (Å²) >= 11 is 0. The van der Waals surface area contributed by atoms with Crippen molar-refractivity contribution in [3.05, 3.63) is 107 Å². The van der Waals surface area contributed by atoms with E-state index in [2.05, 4.69) is 26.4 Å². The van der Waals surface area contributed by atoms with Crippen molar-refractivity contribution < 1.29 is 60.3 Å². The number of unbranched alkanes of at least 4 members (excludes halogenated alkanes) is 4. The Bertz CT molecular complexity index is 2770. The molecule has 17 nitrogen and oxygen atoms in total. The van der Waals surface area contributed by atoms with Crippen molar-refractivity contribution in [2.75, 3.05) is 25.0 Å². The maximum atomic E-state index is 15.8. The number of carbonyl (C=O) groups is 8. The van der Waals surface area contributed by atoms with Gasteiger partial charge in [0.05, 0.1) is 17.3 Å². The van der Waals surface area contributed by atoms with Crippen LogP contribution in [-0.4, -0.2) is 110 Å². The minimum absolute atomic E-state index is 0.0319. The summed E-state index contributed by atoms with van der Waals surface area (Å²) in [5, 5.41) is 15.0. The van der Waals surface area contributed by atoms with Crippen LogP contribution in [0.4, 0.5) is 32.4 Å². The first-order valence-corrected chi connectivity index (χ1v) is 22.8. The van der Waals surface area contributed by atoms with E-state index in [9.17, 15) is 55.9 Å². The summed E-state index contributed by atoms with van der Waals surface area (Å²) in [5.74, 6) is -5.40. The zero-order chi connectivity index (χ0) is 50.1. The lowest BCUT2D eigenvalue weighted by Crippen LogP contribution is -2.54. The van der Waals surface area contributed by atoms with Crippen LogP contribution < -0.4 is 21.3 Å². The summed E-state index contributed by atoms with van der Waals surface area (Å²) in [6.07, 6.45) is 0.0795. The fourth-order valence-corrected chi connectivity index (χ4v) is 9.30. The number of rotatable bonds is 18. The molecule has 8 rings (SSSR count). The number of aromatic nitrogens is 2. The van der Waals surface area contributed by atoms with Gasteiger partial charge in [-0.1, -0.05) is 49.6 Å². The first-order chi connectivity index (χ1) is 33.4. The summed E-state index contributed by atoms with van der Waals surface area (Å²) in [6, 6.07) is 9.45. The molecule has 0 bridgehead atoms. The number of alkyl halides is 4. The van der Waals surface area contributed by atoms with Gasteiger partial charge in [-0.25, -0.2) is 13.6 Å². The molecule has 1 unspecified atom stereocenters. The van der Waals surface area contributed by atoms with Crippen molar-refractivity contribution in [2.24, 2.45) is 0 Å². The normalized spacial score (nSPS) is 20.1. The molecule has 22 heteroatoms. The number of hydrogen-bond acceptors (Lipinski definition) is 10. The molecule has 368 valence electrons. The number of hydrogen-bond donors (Lipinski definition) is 4. The number of imide groups is 3. The molecule has 3 aliphatic heterocycles. The third-order valence-electron chi connectivity index (χ3n) is 13.1. The van der Waals surface area contributed by atoms with Gasteiger partial charge in [0.1, 0.15) is 42.7 Å². The van der Waals surface area contributed by atoms with E-state index in [1.807, 2.05) is 0 Å². The van der Waals surface area contributed by atoms with E-state index in [0.29, 0.717) is 46.1 Å². The van der Waals surface area contributed by atoms with Crippen LogP contribution in [0.15, 0.2) is 73.1 Å². The Balaban J connectivity index is 0.782. The van der Waals surface area contributed by atoms with E-state index in [-0.39, 0.29) is 53.1 Å². The van der Waals surface area contributed by atoms with Gasteiger partial charge in [0.15, 0.2) is 0 Å². The summed E-state index contributed by atoms with van der Waals surface area (Å²) in [4.78, 5) is 106. The van der Waals surface area contributed by atoms with Crippen LogP contribution >= 0.6 is 0 Å². The second-order valence-electron chi connectivity index (χ2n) is 17.7. The SMILES string of the molecule is C[C@H](N(Cc1ccc(F)cc1)C(=O)CN1C(=O)N[C@]2(C[C@@H](F)c3cc(-c4cnn(CC(=O)NCCCCCCCNc5cccc6c5C(=O)N(C5CCC(=O)NC5=O)C6=O)c4)ccc32)C1=O)C(F)(F)F. The van der Waals surface area contributed by atoms with Crippen molar-refractivity contribution >= 4 is 53.1 Å². The number of fused-ring (bicyclic) bond motifs is 3. The van der Waals surface area contributed by atoms with Gasteiger partial charge >= 0.3 is 12.2 Å². The number of amides is 9. The third kappa shape index (κ3) is 9.84. The number of nitrogens with one attached hydrogen (secondary N) is 4. The van der Waals surface area contributed by atoms with Crippen molar-refractivity contribution in [1.82, 2.24) is 40.4 Å². The lowest BCUT2D eigenvalue weighted by molar-refractivity contribution is -0.187. The Morgan fingerprint density at radius 3 is 2.37 bits per heavy atom. The highest BCUT2D eigenvalue weighted by Gasteiger charge is 2.59. The van der Waals surface area contributed by atoms with Crippen molar-refractivity contribution in [2.45, 2.75) is 101 Å². The van der Waals surface area contributed by atoms with E-state index in [1.165, 1.54) is 41.2 Å². The summed E-state index contributed by atoms with van der Waals surface area (Å²) in [5.41, 5.74) is 0.387. The lowest BCUT2D eigenvalue weighted by Gasteiger charge is -2.32. The number of benzene rings is 3. The first-order valence-electron chi connectivity index (χ1n) is 22.8. The minimum atomic E-state index is -4.87. The monoisotopic (exact) mass is 973 g/mol. The van der Waals surface area contributed by atoms with Crippen molar-refractivity contribution in [3.63, 3.8) is 0 Å².